The number of nitrogens with one attached hydrogen (secondary N) is 1. The highest BCUT2D eigenvalue weighted by molar-refractivity contribution is 6.06. The van der Waals surface area contributed by atoms with E-state index in [-0.39, 0.29) is 30.7 Å². The van der Waals surface area contributed by atoms with Crippen molar-refractivity contribution in [3.05, 3.63) is 35.8 Å². The molecule has 1 aliphatic rings. The largest absolute Gasteiger partial charge is 0.481 e. The highest BCUT2D eigenvalue weighted by Crippen LogP contribution is 2.22. The molecule has 0 saturated heterocycles. The molecular formula is C14H17N3O4. The minimum atomic E-state index is -0.948. The second-order valence-corrected chi connectivity index (χ2v) is 5.13. The molecular weight excluding hydrogens is 274 g/mol. The molecule has 7 heteroatoms. The average Bonchev–Trinajstić information content (AvgIpc) is 2.85. The van der Waals surface area contributed by atoms with Crippen LogP contribution in [0.5, 0.6) is 0 Å². The van der Waals surface area contributed by atoms with E-state index in [1.54, 1.807) is 36.0 Å². The van der Waals surface area contributed by atoms with Gasteiger partial charge < -0.3 is 19.9 Å². The first-order valence-corrected chi connectivity index (χ1v) is 6.49. The van der Waals surface area contributed by atoms with Gasteiger partial charge in [0.05, 0.1) is 12.5 Å². The van der Waals surface area contributed by atoms with Gasteiger partial charge in [0.2, 0.25) is 0 Å². The lowest BCUT2D eigenvalue weighted by molar-refractivity contribution is -0.137. The van der Waals surface area contributed by atoms with Crippen LogP contribution >= 0.6 is 0 Å². The molecule has 0 bridgehead atoms. The van der Waals surface area contributed by atoms with Gasteiger partial charge in [0.15, 0.2) is 5.78 Å². The van der Waals surface area contributed by atoms with Crippen LogP contribution in [0, 0.1) is 0 Å². The number of hydrogen-bond acceptors (Lipinski definition) is 4. The van der Waals surface area contributed by atoms with Crippen molar-refractivity contribution in [1.29, 1.82) is 0 Å². The van der Waals surface area contributed by atoms with Gasteiger partial charge in [-0.15, -0.1) is 0 Å². The summed E-state index contributed by atoms with van der Waals surface area (Å²) in [6.45, 7) is 0.244. The minimum Gasteiger partial charge on any atom is -0.481 e. The summed E-state index contributed by atoms with van der Waals surface area (Å²) in [6.07, 6.45) is 4.46. The Balaban J connectivity index is 2.30. The van der Waals surface area contributed by atoms with Crippen molar-refractivity contribution in [3.63, 3.8) is 0 Å². The standard InChI is InChI=1S/C14H17N3O4/c1-16(2)4-3-12(18)9-5-11-14(21)15-7-10(6-13(19)20)17(11)8-9/h3-5,8,10H,6-7H2,1-2H3,(H,15,21)(H,19,20)/b4-3+. The lowest BCUT2D eigenvalue weighted by Gasteiger charge is -2.24. The van der Waals surface area contributed by atoms with Crippen LogP contribution in [0.15, 0.2) is 24.5 Å². The maximum atomic E-state index is 12.0. The SMILES string of the molecule is CN(C)/C=C/C(=O)c1cc2n(c1)C(CC(=O)O)CNC2=O. The zero-order valence-corrected chi connectivity index (χ0v) is 11.9. The third-order valence-corrected chi connectivity index (χ3v) is 3.19. The Hall–Kier alpha value is -2.57. The summed E-state index contributed by atoms with van der Waals surface area (Å²) >= 11 is 0. The number of carboxylic acid groups (broad SMARTS) is 1. The third kappa shape index (κ3) is 3.31. The number of carbonyl (C=O) groups is 3. The summed E-state index contributed by atoms with van der Waals surface area (Å²) in [7, 11) is 3.59. The van der Waals surface area contributed by atoms with Crippen molar-refractivity contribution in [3.8, 4) is 0 Å². The van der Waals surface area contributed by atoms with Crippen molar-refractivity contribution in [1.82, 2.24) is 14.8 Å². The first-order valence-electron chi connectivity index (χ1n) is 6.49. The Labute approximate surface area is 121 Å². The van der Waals surface area contributed by atoms with Crippen molar-refractivity contribution in [2.24, 2.45) is 0 Å². The van der Waals surface area contributed by atoms with Crippen molar-refractivity contribution in [2.75, 3.05) is 20.6 Å². The lowest BCUT2D eigenvalue weighted by atomic mass is 10.1. The number of allylic oxidation sites excluding steroid dienone is 1. The number of aromatic nitrogens is 1. The Bertz CT molecular complexity index is 616. The number of rotatable bonds is 5. The van der Waals surface area contributed by atoms with Gasteiger partial charge in [-0.3, -0.25) is 14.4 Å². The highest BCUT2D eigenvalue weighted by Gasteiger charge is 2.27. The number of amides is 1. The van der Waals surface area contributed by atoms with Gasteiger partial charge in [0, 0.05) is 44.7 Å². The summed E-state index contributed by atoms with van der Waals surface area (Å²) < 4.78 is 1.57. The molecule has 0 saturated carbocycles. The predicted molar refractivity (Wildman–Crippen MR) is 75.2 cm³/mol. The fourth-order valence-electron chi connectivity index (χ4n) is 2.18. The first-order chi connectivity index (χ1) is 9.88. The Morgan fingerprint density at radius 3 is 2.86 bits per heavy atom. The van der Waals surface area contributed by atoms with Gasteiger partial charge in [0.25, 0.3) is 5.91 Å². The molecule has 1 amide bonds. The van der Waals surface area contributed by atoms with Crippen LogP contribution in [0.1, 0.15) is 33.3 Å². The minimum absolute atomic E-state index is 0.108. The second-order valence-electron chi connectivity index (χ2n) is 5.13. The molecule has 0 spiro atoms. The molecule has 21 heavy (non-hydrogen) atoms. The molecule has 2 heterocycles. The molecule has 112 valence electrons. The van der Waals surface area contributed by atoms with E-state index in [0.29, 0.717) is 11.3 Å². The predicted octanol–water partition coefficient (Wildman–Crippen LogP) is 0.505. The lowest BCUT2D eigenvalue weighted by Crippen LogP contribution is -2.39. The molecule has 1 aromatic rings. The molecule has 2 rings (SSSR count). The highest BCUT2D eigenvalue weighted by atomic mass is 16.4. The molecule has 0 fully saturated rings. The first kappa shape index (κ1) is 14.8. The van der Waals surface area contributed by atoms with Crippen molar-refractivity contribution < 1.29 is 19.5 Å². The van der Waals surface area contributed by atoms with Crippen LogP contribution in [0.3, 0.4) is 0 Å². The molecule has 1 aromatic heterocycles. The summed E-state index contributed by atoms with van der Waals surface area (Å²) in [6, 6.07) is 1.11. The van der Waals surface area contributed by atoms with E-state index in [1.807, 2.05) is 0 Å². The Morgan fingerprint density at radius 2 is 2.24 bits per heavy atom. The van der Waals surface area contributed by atoms with Gasteiger partial charge in [-0.05, 0) is 6.07 Å². The number of hydrogen-bond donors (Lipinski definition) is 2. The smallest absolute Gasteiger partial charge is 0.305 e. The zero-order chi connectivity index (χ0) is 15.6. The number of carbonyl (C=O) groups excluding carboxylic acids is 2. The molecule has 0 aromatic carbocycles. The molecule has 0 aliphatic carbocycles. The summed E-state index contributed by atoms with van der Waals surface area (Å²) in [5.41, 5.74) is 0.685. The van der Waals surface area contributed by atoms with Crippen LogP contribution in [0.25, 0.3) is 0 Å². The van der Waals surface area contributed by atoms with Crippen LogP contribution < -0.4 is 5.32 Å². The monoisotopic (exact) mass is 291 g/mol. The topological polar surface area (TPSA) is 91.6 Å². The average molecular weight is 291 g/mol. The van der Waals surface area contributed by atoms with E-state index in [2.05, 4.69) is 5.32 Å². The number of aliphatic carboxylic acids is 1. The number of fused-ring (bicyclic) bond motifs is 1. The van der Waals surface area contributed by atoms with Crippen LogP contribution in [0.4, 0.5) is 0 Å². The van der Waals surface area contributed by atoms with E-state index in [9.17, 15) is 14.4 Å². The molecule has 1 unspecified atom stereocenters. The van der Waals surface area contributed by atoms with E-state index in [4.69, 9.17) is 5.11 Å². The maximum absolute atomic E-state index is 12.0. The van der Waals surface area contributed by atoms with Crippen molar-refractivity contribution >= 4 is 17.7 Å². The summed E-state index contributed by atoms with van der Waals surface area (Å²) in [5, 5.41) is 11.5. The fraction of sp³-hybridized carbons (Fsp3) is 0.357. The van der Waals surface area contributed by atoms with E-state index >= 15 is 0 Å². The molecule has 0 radical (unpaired) electrons. The fourth-order valence-corrected chi connectivity index (χ4v) is 2.18. The van der Waals surface area contributed by atoms with Crippen LogP contribution in [-0.4, -0.2) is 52.9 Å². The number of carboxylic acids is 1. The quantitative estimate of drug-likeness (QED) is 0.609. The van der Waals surface area contributed by atoms with Crippen molar-refractivity contribution in [2.45, 2.75) is 12.5 Å². The summed E-state index contributed by atoms with van der Waals surface area (Å²) in [4.78, 5) is 36.4. The van der Waals surface area contributed by atoms with Gasteiger partial charge >= 0.3 is 5.97 Å². The zero-order valence-electron chi connectivity index (χ0n) is 11.9. The Morgan fingerprint density at radius 1 is 1.52 bits per heavy atom. The molecule has 7 nitrogen and oxygen atoms in total. The van der Waals surface area contributed by atoms with E-state index < -0.39 is 5.97 Å². The van der Waals surface area contributed by atoms with Gasteiger partial charge in [-0.2, -0.15) is 0 Å². The van der Waals surface area contributed by atoms with Crippen LogP contribution in [0.2, 0.25) is 0 Å². The van der Waals surface area contributed by atoms with Gasteiger partial charge in [-0.1, -0.05) is 0 Å². The van der Waals surface area contributed by atoms with Crippen LogP contribution in [-0.2, 0) is 4.79 Å². The normalized spacial score (nSPS) is 17.4. The summed E-state index contributed by atoms with van der Waals surface area (Å²) in [5.74, 6) is -1.48. The second kappa shape index (κ2) is 5.82. The molecule has 1 atom stereocenters. The van der Waals surface area contributed by atoms with E-state index in [0.717, 1.165) is 0 Å². The number of nitrogens with zero attached hydrogens (tertiary/aromatic N) is 2. The molecule has 2 N–H and O–H groups in total. The maximum Gasteiger partial charge on any atom is 0.305 e. The van der Waals surface area contributed by atoms with Gasteiger partial charge in [0.1, 0.15) is 5.69 Å². The third-order valence-electron chi connectivity index (χ3n) is 3.19. The van der Waals surface area contributed by atoms with E-state index in [1.165, 1.54) is 12.1 Å². The number of ketones is 1. The molecule has 1 aliphatic heterocycles. The van der Waals surface area contributed by atoms with Gasteiger partial charge in [-0.25, -0.2) is 0 Å². The Kier molecular flexibility index (Phi) is 4.11.